The van der Waals surface area contributed by atoms with Crippen LogP contribution in [0.3, 0.4) is 0 Å². The first-order chi connectivity index (χ1) is 8.92. The zero-order chi connectivity index (χ0) is 12.2. The number of piperidine rings is 1. The maximum atomic E-state index is 4.24. The third kappa shape index (κ3) is 2.68. The summed E-state index contributed by atoms with van der Waals surface area (Å²) >= 11 is 1.63. The highest BCUT2D eigenvalue weighted by Crippen LogP contribution is 2.26. The zero-order valence-electron chi connectivity index (χ0n) is 10.1. The van der Waals surface area contributed by atoms with E-state index in [9.17, 15) is 0 Å². The molecule has 0 radical (unpaired) electrons. The molecule has 2 heterocycles. The molecule has 0 amide bonds. The van der Waals surface area contributed by atoms with Crippen LogP contribution in [0.25, 0.3) is 10.6 Å². The second-order valence-electron chi connectivity index (χ2n) is 4.45. The van der Waals surface area contributed by atoms with Crippen LogP contribution in [-0.4, -0.2) is 29.3 Å². The molecule has 18 heavy (non-hydrogen) atoms. The minimum atomic E-state index is 0.530. The molecule has 4 nitrogen and oxygen atoms in total. The molecular formula is C13H16N4S. The highest BCUT2D eigenvalue weighted by atomic mass is 32.1. The van der Waals surface area contributed by atoms with Crippen LogP contribution < -0.4 is 10.6 Å². The molecule has 3 rings (SSSR count). The van der Waals surface area contributed by atoms with Crippen LogP contribution in [0.1, 0.15) is 12.8 Å². The van der Waals surface area contributed by atoms with Gasteiger partial charge in [0.1, 0.15) is 5.01 Å². The smallest absolute Gasteiger partial charge is 0.206 e. The first-order valence-corrected chi connectivity index (χ1v) is 7.09. The SMILES string of the molecule is c1ccc(-c2nnc(NC3CCNCC3)s2)cc1. The summed E-state index contributed by atoms with van der Waals surface area (Å²) in [4.78, 5) is 0. The van der Waals surface area contributed by atoms with Crippen LogP contribution in [0.2, 0.25) is 0 Å². The fourth-order valence-corrected chi connectivity index (χ4v) is 2.95. The Balaban J connectivity index is 1.69. The van der Waals surface area contributed by atoms with E-state index < -0.39 is 0 Å². The molecule has 2 N–H and O–H groups in total. The van der Waals surface area contributed by atoms with E-state index in [1.54, 1.807) is 11.3 Å². The van der Waals surface area contributed by atoms with Crippen LogP contribution in [0, 0.1) is 0 Å². The summed E-state index contributed by atoms with van der Waals surface area (Å²) < 4.78 is 0. The van der Waals surface area contributed by atoms with Crippen LogP contribution in [0.5, 0.6) is 0 Å². The summed E-state index contributed by atoms with van der Waals surface area (Å²) in [6.45, 7) is 2.17. The number of hydrogen-bond donors (Lipinski definition) is 2. The lowest BCUT2D eigenvalue weighted by molar-refractivity contribution is 0.479. The number of benzene rings is 1. The lowest BCUT2D eigenvalue weighted by Gasteiger charge is -2.22. The molecule has 0 spiro atoms. The average molecular weight is 260 g/mol. The molecule has 1 aliphatic heterocycles. The number of nitrogens with one attached hydrogen (secondary N) is 2. The van der Waals surface area contributed by atoms with Gasteiger partial charge in [-0.15, -0.1) is 10.2 Å². The lowest BCUT2D eigenvalue weighted by Crippen LogP contribution is -2.35. The van der Waals surface area contributed by atoms with E-state index >= 15 is 0 Å². The van der Waals surface area contributed by atoms with Crippen molar-refractivity contribution in [1.82, 2.24) is 15.5 Å². The number of anilines is 1. The van der Waals surface area contributed by atoms with Crippen molar-refractivity contribution in [2.24, 2.45) is 0 Å². The fraction of sp³-hybridized carbons (Fsp3) is 0.385. The highest BCUT2D eigenvalue weighted by molar-refractivity contribution is 7.18. The van der Waals surface area contributed by atoms with Gasteiger partial charge in [-0.05, 0) is 25.9 Å². The van der Waals surface area contributed by atoms with Crippen molar-refractivity contribution in [3.63, 3.8) is 0 Å². The van der Waals surface area contributed by atoms with Gasteiger partial charge in [-0.1, -0.05) is 41.7 Å². The van der Waals surface area contributed by atoms with E-state index in [4.69, 9.17) is 0 Å². The maximum absolute atomic E-state index is 4.24. The molecule has 2 aromatic rings. The number of nitrogens with zero attached hydrogens (tertiary/aromatic N) is 2. The van der Waals surface area contributed by atoms with Gasteiger partial charge in [0.25, 0.3) is 0 Å². The Morgan fingerprint density at radius 1 is 1.11 bits per heavy atom. The number of aromatic nitrogens is 2. The van der Waals surface area contributed by atoms with Crippen LogP contribution in [0.15, 0.2) is 30.3 Å². The predicted molar refractivity (Wildman–Crippen MR) is 74.9 cm³/mol. The first kappa shape index (κ1) is 11.6. The molecule has 94 valence electrons. The first-order valence-electron chi connectivity index (χ1n) is 6.28. The monoisotopic (exact) mass is 260 g/mol. The summed E-state index contributed by atoms with van der Waals surface area (Å²) in [5.41, 5.74) is 1.13. The van der Waals surface area contributed by atoms with E-state index in [1.807, 2.05) is 18.2 Å². The van der Waals surface area contributed by atoms with Gasteiger partial charge < -0.3 is 10.6 Å². The Bertz CT molecular complexity index is 491. The topological polar surface area (TPSA) is 49.8 Å². The molecule has 1 aromatic heterocycles. The van der Waals surface area contributed by atoms with Gasteiger partial charge in [-0.2, -0.15) is 0 Å². The number of hydrogen-bond acceptors (Lipinski definition) is 5. The van der Waals surface area contributed by atoms with E-state index in [0.717, 1.165) is 41.6 Å². The Kier molecular flexibility index (Phi) is 3.52. The molecule has 0 saturated carbocycles. The van der Waals surface area contributed by atoms with Gasteiger partial charge in [-0.3, -0.25) is 0 Å². The van der Waals surface area contributed by atoms with E-state index in [1.165, 1.54) is 0 Å². The average Bonchev–Trinajstić information content (AvgIpc) is 2.89. The fourth-order valence-electron chi connectivity index (χ4n) is 2.12. The summed E-state index contributed by atoms with van der Waals surface area (Å²) in [7, 11) is 0. The largest absolute Gasteiger partial charge is 0.357 e. The molecular weight excluding hydrogens is 244 g/mol. The second-order valence-corrected chi connectivity index (χ2v) is 5.42. The standard InChI is InChI=1S/C13H16N4S/c1-2-4-10(5-3-1)12-16-17-13(18-12)15-11-6-8-14-9-7-11/h1-5,11,14H,6-9H2,(H,15,17). The quantitative estimate of drug-likeness (QED) is 0.889. The third-order valence-electron chi connectivity index (χ3n) is 3.11. The van der Waals surface area contributed by atoms with Crippen molar-refractivity contribution in [2.75, 3.05) is 18.4 Å². The van der Waals surface area contributed by atoms with Crippen molar-refractivity contribution in [2.45, 2.75) is 18.9 Å². The van der Waals surface area contributed by atoms with Crippen molar-refractivity contribution in [3.8, 4) is 10.6 Å². The van der Waals surface area contributed by atoms with Crippen molar-refractivity contribution in [1.29, 1.82) is 0 Å². The molecule has 1 fully saturated rings. The Morgan fingerprint density at radius 3 is 2.67 bits per heavy atom. The summed E-state index contributed by atoms with van der Waals surface area (Å²) in [6.07, 6.45) is 2.31. The minimum absolute atomic E-state index is 0.530. The van der Waals surface area contributed by atoms with Crippen LogP contribution in [-0.2, 0) is 0 Å². The van der Waals surface area contributed by atoms with Gasteiger partial charge in [0.2, 0.25) is 5.13 Å². The molecule has 1 aromatic carbocycles. The molecule has 1 saturated heterocycles. The summed E-state index contributed by atoms with van der Waals surface area (Å²) in [5, 5.41) is 17.2. The van der Waals surface area contributed by atoms with Gasteiger partial charge in [0.05, 0.1) is 0 Å². The Hall–Kier alpha value is -1.46. The van der Waals surface area contributed by atoms with E-state index in [0.29, 0.717) is 6.04 Å². The number of rotatable bonds is 3. The van der Waals surface area contributed by atoms with Crippen molar-refractivity contribution in [3.05, 3.63) is 30.3 Å². The third-order valence-corrected chi connectivity index (χ3v) is 4.02. The second kappa shape index (κ2) is 5.46. The van der Waals surface area contributed by atoms with Crippen LogP contribution >= 0.6 is 11.3 Å². The molecule has 0 unspecified atom stereocenters. The molecule has 0 bridgehead atoms. The minimum Gasteiger partial charge on any atom is -0.357 e. The Labute approximate surface area is 110 Å². The highest BCUT2D eigenvalue weighted by Gasteiger charge is 2.14. The summed E-state index contributed by atoms with van der Waals surface area (Å²) in [6, 6.07) is 10.7. The van der Waals surface area contributed by atoms with Crippen molar-refractivity contribution < 1.29 is 0 Å². The molecule has 1 aliphatic rings. The van der Waals surface area contributed by atoms with E-state index in [-0.39, 0.29) is 0 Å². The van der Waals surface area contributed by atoms with Crippen molar-refractivity contribution >= 4 is 16.5 Å². The lowest BCUT2D eigenvalue weighted by atomic mass is 10.1. The maximum Gasteiger partial charge on any atom is 0.206 e. The Morgan fingerprint density at radius 2 is 1.89 bits per heavy atom. The van der Waals surface area contributed by atoms with Gasteiger partial charge in [-0.25, -0.2) is 0 Å². The van der Waals surface area contributed by atoms with Crippen LogP contribution in [0.4, 0.5) is 5.13 Å². The molecule has 0 aliphatic carbocycles. The van der Waals surface area contributed by atoms with Gasteiger partial charge in [0, 0.05) is 11.6 Å². The predicted octanol–water partition coefficient (Wildman–Crippen LogP) is 2.37. The summed E-state index contributed by atoms with van der Waals surface area (Å²) in [5.74, 6) is 0. The van der Waals surface area contributed by atoms with Gasteiger partial charge >= 0.3 is 0 Å². The van der Waals surface area contributed by atoms with Gasteiger partial charge in [0.15, 0.2) is 0 Å². The van der Waals surface area contributed by atoms with E-state index in [2.05, 4.69) is 33.0 Å². The normalized spacial score (nSPS) is 16.7. The zero-order valence-corrected chi connectivity index (χ0v) is 10.9. The molecule has 5 heteroatoms. The molecule has 0 atom stereocenters.